The Labute approximate surface area is 87.0 Å². The van der Waals surface area contributed by atoms with Crippen LogP contribution in [-0.2, 0) is 25.9 Å². The van der Waals surface area contributed by atoms with Crippen LogP contribution in [0.25, 0.3) is 0 Å². The first kappa shape index (κ1) is 14.6. The molecule has 0 aromatic heterocycles. The van der Waals surface area contributed by atoms with Crippen LogP contribution in [0.1, 0.15) is 25.7 Å². The Hall–Kier alpha value is 0.0783. The molecule has 0 aliphatic heterocycles. The van der Waals surface area contributed by atoms with Crippen molar-refractivity contribution in [3.63, 3.8) is 0 Å². The third-order valence-corrected chi connectivity index (χ3v) is 1.71. The van der Waals surface area contributed by atoms with Crippen molar-refractivity contribution in [1.29, 1.82) is 0 Å². The van der Waals surface area contributed by atoms with E-state index in [2.05, 4.69) is 0 Å². The average molecular weight is 353 g/mol. The summed E-state index contributed by atoms with van der Waals surface area (Å²) in [6, 6.07) is 1.19. The molecule has 1 fully saturated rings. The van der Waals surface area contributed by atoms with Crippen LogP contribution < -0.4 is 11.5 Å². The van der Waals surface area contributed by atoms with Crippen LogP contribution in [-0.4, -0.2) is 17.6 Å². The predicted octanol–water partition coefficient (Wildman–Crippen LogP) is -0.0125. The molecule has 1 aliphatic carbocycles. The number of rotatable bonds is 0. The number of nitrogens with two attached hydrogens (primary N) is 2. The molecule has 0 aromatic rings. The van der Waals surface area contributed by atoms with Crippen molar-refractivity contribution >= 4 is 6.47 Å². The minimum absolute atomic E-state index is 0. The van der Waals surface area contributed by atoms with Crippen molar-refractivity contribution in [1.82, 2.24) is 0 Å². The molecule has 5 heteroatoms. The first-order valence-corrected chi connectivity index (χ1v) is 3.60. The van der Waals surface area contributed by atoms with Crippen molar-refractivity contribution < 1.29 is 31.0 Å². The normalized spacial score (nSPS) is 23.0. The van der Waals surface area contributed by atoms with Crippen molar-refractivity contribution in [2.75, 3.05) is 0 Å². The van der Waals surface area contributed by atoms with Crippen LogP contribution in [0, 0.1) is 6.04 Å². The fourth-order valence-electron chi connectivity index (χ4n) is 1.06. The Morgan fingerprint density at radius 2 is 2.00 bits per heavy atom. The Kier molecular flexibility index (Phi) is 11.2. The van der Waals surface area contributed by atoms with Gasteiger partial charge in [-0.3, -0.25) is 0 Å². The van der Waals surface area contributed by atoms with Crippen LogP contribution in [0.15, 0.2) is 0 Å². The van der Waals surface area contributed by atoms with Crippen molar-refractivity contribution in [2.45, 2.75) is 31.7 Å². The minimum Gasteiger partial charge on any atom is -0.665 e. The minimum atomic E-state index is 0. The zero-order chi connectivity index (χ0) is 8.69. The summed E-state index contributed by atoms with van der Waals surface area (Å²) in [5.74, 6) is 0. The molecule has 5 N–H and O–H groups in total. The molecule has 12 heavy (non-hydrogen) atoms. The van der Waals surface area contributed by atoms with Gasteiger partial charge in [-0.15, -0.1) is 6.04 Å². The molecule has 1 atom stereocenters. The van der Waals surface area contributed by atoms with Gasteiger partial charge in [0, 0.05) is 0 Å². The molecule has 1 aliphatic rings. The van der Waals surface area contributed by atoms with Gasteiger partial charge in [-0.25, -0.2) is 6.04 Å². The summed E-state index contributed by atoms with van der Waals surface area (Å²) in [7, 11) is 0. The zero-order valence-corrected chi connectivity index (χ0v) is 9.00. The Morgan fingerprint density at radius 3 is 2.25 bits per heavy atom. The van der Waals surface area contributed by atoms with E-state index in [9.17, 15) is 0 Å². The Balaban J connectivity index is 0. The second-order valence-corrected chi connectivity index (χ2v) is 2.52. The maximum atomic E-state index is 8.24. The van der Waals surface area contributed by atoms with Gasteiger partial charge in [0.25, 0.3) is 0 Å². The summed E-state index contributed by atoms with van der Waals surface area (Å²) >= 11 is 0. The van der Waals surface area contributed by atoms with Gasteiger partial charge in [0.05, 0.1) is 0 Å². The van der Waals surface area contributed by atoms with E-state index in [4.69, 9.17) is 21.4 Å². The monoisotopic (exact) mass is 353 g/mol. The van der Waals surface area contributed by atoms with Crippen molar-refractivity contribution in [3.8, 4) is 0 Å². The predicted molar refractivity (Wildman–Crippen MR) is 42.2 cm³/mol. The average Bonchev–Trinajstić information content (AvgIpc) is 1.97. The third-order valence-electron chi connectivity index (χ3n) is 1.71. The van der Waals surface area contributed by atoms with Crippen LogP contribution >= 0.6 is 0 Å². The van der Waals surface area contributed by atoms with Crippen LogP contribution in [0.4, 0.5) is 0 Å². The van der Waals surface area contributed by atoms with Crippen LogP contribution in [0.5, 0.6) is 0 Å². The molecule has 0 bridgehead atoms. The van der Waals surface area contributed by atoms with Crippen molar-refractivity contribution in [3.05, 3.63) is 6.04 Å². The molecule has 0 aromatic carbocycles. The van der Waals surface area contributed by atoms with E-state index in [1.807, 2.05) is 0 Å². The maximum Gasteiger partial charge on any atom is 2.00 e. The summed E-state index contributed by atoms with van der Waals surface area (Å²) in [4.78, 5) is 8.24. The molecule has 1 unspecified atom stereocenters. The second-order valence-electron chi connectivity index (χ2n) is 2.52. The first-order valence-electron chi connectivity index (χ1n) is 3.60. The van der Waals surface area contributed by atoms with E-state index in [-0.39, 0.29) is 27.1 Å². The van der Waals surface area contributed by atoms with E-state index in [0.29, 0.717) is 6.47 Å². The second kappa shape index (κ2) is 9.17. The van der Waals surface area contributed by atoms with Gasteiger partial charge in [-0.2, -0.15) is 6.42 Å². The maximum absolute atomic E-state index is 8.24. The van der Waals surface area contributed by atoms with Gasteiger partial charge < -0.3 is 21.4 Å². The Bertz CT molecular complexity index is 104. The van der Waals surface area contributed by atoms with Crippen LogP contribution in [0.3, 0.4) is 0 Å². The molecule has 0 amide bonds. The summed E-state index contributed by atoms with van der Waals surface area (Å²) in [5.41, 5.74) is 11.2. The third kappa shape index (κ3) is 6.77. The fourth-order valence-corrected chi connectivity index (χ4v) is 1.06. The van der Waals surface area contributed by atoms with E-state index in [0.717, 1.165) is 18.9 Å². The molecule has 1 rings (SSSR count). The van der Waals surface area contributed by atoms with E-state index in [1.54, 1.807) is 0 Å². The smallest absolute Gasteiger partial charge is 0.665 e. The SMILES string of the molecule is N[C-]1CCCCC1N.O=[C-]O.[Pt+2]. The van der Waals surface area contributed by atoms with Gasteiger partial charge in [-0.05, 0) is 0 Å². The summed E-state index contributed by atoms with van der Waals surface area (Å²) in [5, 5.41) is 6.76. The quantitative estimate of drug-likeness (QED) is 0.535. The first-order chi connectivity index (χ1) is 5.22. The van der Waals surface area contributed by atoms with Gasteiger partial charge >= 0.3 is 21.1 Å². The topological polar surface area (TPSA) is 89.3 Å². The molecular weight excluding hydrogens is 339 g/mol. The fraction of sp³-hybridized carbons (Fsp3) is 0.714. The molecule has 4 nitrogen and oxygen atoms in total. The van der Waals surface area contributed by atoms with E-state index >= 15 is 0 Å². The molecule has 0 radical (unpaired) electrons. The number of hydrogen-bond donors (Lipinski definition) is 3. The van der Waals surface area contributed by atoms with Gasteiger partial charge in [0.2, 0.25) is 0 Å². The largest absolute Gasteiger partial charge is 2.00 e. The molecular formula is C7H14N2O2Pt. The number of hydrogen-bond acceptors (Lipinski definition) is 3. The summed E-state index contributed by atoms with van der Waals surface area (Å²) in [6.45, 7) is 0.500. The molecule has 0 heterocycles. The van der Waals surface area contributed by atoms with Gasteiger partial charge in [0.15, 0.2) is 0 Å². The number of aliphatic hydroxyl groups excluding tert-OH is 1. The zero-order valence-electron chi connectivity index (χ0n) is 6.73. The van der Waals surface area contributed by atoms with Gasteiger partial charge in [0.1, 0.15) is 0 Å². The van der Waals surface area contributed by atoms with Gasteiger partial charge in [-0.1, -0.05) is 25.7 Å². The summed E-state index contributed by atoms with van der Waals surface area (Å²) in [6.07, 6.45) is 4.62. The standard InChI is InChI=1S/C6H13N2.CHO2.Pt/c7-5-3-1-2-4-6(5)8;2-1-3;/h5H,1-4,7-8H2;(H,2,3);/q2*-1;+2. The molecule has 1 saturated carbocycles. The molecule has 0 spiro atoms. The van der Waals surface area contributed by atoms with E-state index < -0.39 is 0 Å². The van der Waals surface area contributed by atoms with E-state index in [1.165, 1.54) is 12.8 Å². The van der Waals surface area contributed by atoms with Crippen molar-refractivity contribution in [2.24, 2.45) is 11.5 Å². The van der Waals surface area contributed by atoms with Crippen LogP contribution in [0.2, 0.25) is 0 Å². The molecule has 74 valence electrons. The Morgan fingerprint density at radius 1 is 1.50 bits per heavy atom. The molecule has 0 saturated heterocycles. The summed E-state index contributed by atoms with van der Waals surface area (Å²) < 4.78 is 0.